The van der Waals surface area contributed by atoms with Crippen LogP contribution >= 0.6 is 0 Å². The first kappa shape index (κ1) is 21.2. The molecule has 5 nitrogen and oxygen atoms in total. The Labute approximate surface area is 147 Å². The van der Waals surface area contributed by atoms with Crippen LogP contribution < -0.4 is 0 Å². The summed E-state index contributed by atoms with van der Waals surface area (Å²) in [7, 11) is 0. The van der Waals surface area contributed by atoms with Gasteiger partial charge in [0.05, 0.1) is 6.61 Å². The molecule has 1 aliphatic rings. The van der Waals surface area contributed by atoms with Crippen molar-refractivity contribution in [1.29, 1.82) is 0 Å². The van der Waals surface area contributed by atoms with E-state index in [0.717, 1.165) is 12.8 Å². The molecule has 0 radical (unpaired) electrons. The predicted molar refractivity (Wildman–Crippen MR) is 93.8 cm³/mol. The first-order valence-electron chi connectivity index (χ1n) is 9.58. The molecule has 0 spiro atoms. The number of carbonyl (C=O) groups is 1. The molecule has 1 rings (SSSR count). The molecule has 1 unspecified atom stereocenters. The van der Waals surface area contributed by atoms with Crippen LogP contribution in [0.5, 0.6) is 0 Å². The van der Waals surface area contributed by atoms with Crippen molar-refractivity contribution in [3.8, 4) is 0 Å². The standard InChI is InChI=1S/C19H36O5/c1-5-6-7-8-9-10-11-12-13-14-15-21-17(20)22-16-19(4)18(2,3)23-24-19/h5-16H2,1-4H3. The number of carbonyl (C=O) groups excluding carboxylic acids is 1. The van der Waals surface area contributed by atoms with Gasteiger partial charge in [-0.05, 0) is 27.2 Å². The predicted octanol–water partition coefficient (Wildman–Crippen LogP) is 5.56. The van der Waals surface area contributed by atoms with E-state index in [-0.39, 0.29) is 6.61 Å². The quantitative estimate of drug-likeness (QED) is 0.249. The van der Waals surface area contributed by atoms with Crippen molar-refractivity contribution >= 4 is 6.16 Å². The average Bonchev–Trinajstić information content (AvgIpc) is 2.56. The maximum Gasteiger partial charge on any atom is 0.508 e. The molecule has 1 aliphatic heterocycles. The highest BCUT2D eigenvalue weighted by atomic mass is 17.3. The lowest BCUT2D eigenvalue weighted by atomic mass is 9.86. The maximum atomic E-state index is 11.6. The third-order valence-electron chi connectivity index (χ3n) is 4.89. The number of hydrogen-bond donors (Lipinski definition) is 0. The zero-order chi connectivity index (χ0) is 17.9. The summed E-state index contributed by atoms with van der Waals surface area (Å²) in [5, 5.41) is 0. The summed E-state index contributed by atoms with van der Waals surface area (Å²) in [5.74, 6) is 0. The van der Waals surface area contributed by atoms with Crippen molar-refractivity contribution in [3.63, 3.8) is 0 Å². The summed E-state index contributed by atoms with van der Waals surface area (Å²) in [5.41, 5.74) is -1.06. The van der Waals surface area contributed by atoms with Crippen molar-refractivity contribution in [3.05, 3.63) is 0 Å². The number of unbranched alkanes of at least 4 members (excludes halogenated alkanes) is 9. The van der Waals surface area contributed by atoms with Crippen LogP contribution in [0, 0.1) is 0 Å². The second-order valence-electron chi connectivity index (χ2n) is 7.48. The SMILES string of the molecule is CCCCCCCCCCCCOC(=O)OCC1(C)OOC1(C)C. The topological polar surface area (TPSA) is 54.0 Å². The van der Waals surface area contributed by atoms with Gasteiger partial charge < -0.3 is 9.47 Å². The minimum Gasteiger partial charge on any atom is -0.434 e. The first-order valence-corrected chi connectivity index (χ1v) is 9.58. The summed E-state index contributed by atoms with van der Waals surface area (Å²) in [6.45, 7) is 8.45. The Morgan fingerprint density at radius 1 is 0.792 bits per heavy atom. The number of hydrogen-bond acceptors (Lipinski definition) is 5. The molecule has 1 atom stereocenters. The monoisotopic (exact) mass is 344 g/mol. The van der Waals surface area contributed by atoms with E-state index in [1.54, 1.807) is 0 Å². The largest absolute Gasteiger partial charge is 0.508 e. The summed E-state index contributed by atoms with van der Waals surface area (Å²) >= 11 is 0. The van der Waals surface area contributed by atoms with E-state index in [9.17, 15) is 4.79 Å². The molecule has 0 N–H and O–H groups in total. The van der Waals surface area contributed by atoms with E-state index in [1.165, 1.54) is 51.4 Å². The van der Waals surface area contributed by atoms with Crippen molar-refractivity contribution in [1.82, 2.24) is 0 Å². The van der Waals surface area contributed by atoms with Gasteiger partial charge in [-0.2, -0.15) is 0 Å². The number of ether oxygens (including phenoxy) is 2. The van der Waals surface area contributed by atoms with Gasteiger partial charge in [0.25, 0.3) is 0 Å². The Kier molecular flexibility index (Phi) is 9.67. The molecule has 0 aromatic heterocycles. The summed E-state index contributed by atoms with van der Waals surface area (Å²) < 4.78 is 10.2. The van der Waals surface area contributed by atoms with Crippen molar-refractivity contribution in [2.75, 3.05) is 13.2 Å². The van der Waals surface area contributed by atoms with Crippen LogP contribution in [0.25, 0.3) is 0 Å². The van der Waals surface area contributed by atoms with Crippen LogP contribution in [0.3, 0.4) is 0 Å². The van der Waals surface area contributed by atoms with E-state index in [4.69, 9.17) is 19.2 Å². The van der Waals surface area contributed by atoms with Gasteiger partial charge in [-0.15, -0.1) is 0 Å². The smallest absolute Gasteiger partial charge is 0.434 e. The van der Waals surface area contributed by atoms with Crippen LogP contribution in [-0.2, 0) is 19.2 Å². The average molecular weight is 344 g/mol. The van der Waals surface area contributed by atoms with Gasteiger partial charge in [0.1, 0.15) is 12.2 Å². The third-order valence-corrected chi connectivity index (χ3v) is 4.89. The Hall–Kier alpha value is -0.810. The fourth-order valence-corrected chi connectivity index (χ4v) is 2.53. The van der Waals surface area contributed by atoms with E-state index in [1.807, 2.05) is 20.8 Å². The van der Waals surface area contributed by atoms with Crippen LogP contribution in [-0.4, -0.2) is 30.6 Å². The van der Waals surface area contributed by atoms with Crippen molar-refractivity contribution < 1.29 is 24.0 Å². The molecule has 142 valence electrons. The second kappa shape index (κ2) is 10.9. The molecule has 0 aromatic rings. The molecule has 5 heteroatoms. The molecular weight excluding hydrogens is 308 g/mol. The molecule has 1 heterocycles. The minimum absolute atomic E-state index is 0.136. The van der Waals surface area contributed by atoms with Gasteiger partial charge in [-0.25, -0.2) is 14.6 Å². The fourth-order valence-electron chi connectivity index (χ4n) is 2.53. The first-order chi connectivity index (χ1) is 11.4. The van der Waals surface area contributed by atoms with E-state index in [0.29, 0.717) is 6.61 Å². The van der Waals surface area contributed by atoms with Crippen LogP contribution in [0.15, 0.2) is 0 Å². The van der Waals surface area contributed by atoms with Crippen molar-refractivity contribution in [2.24, 2.45) is 0 Å². The maximum absolute atomic E-state index is 11.6. The lowest BCUT2D eigenvalue weighted by Crippen LogP contribution is -2.64. The van der Waals surface area contributed by atoms with E-state index < -0.39 is 17.4 Å². The Balaban J connectivity index is 1.88. The lowest BCUT2D eigenvalue weighted by Gasteiger charge is -2.49. The summed E-state index contributed by atoms with van der Waals surface area (Å²) in [4.78, 5) is 21.6. The second-order valence-corrected chi connectivity index (χ2v) is 7.48. The molecule has 1 saturated heterocycles. The van der Waals surface area contributed by atoms with Crippen LogP contribution in [0.2, 0.25) is 0 Å². The molecule has 24 heavy (non-hydrogen) atoms. The summed E-state index contributed by atoms with van der Waals surface area (Å²) in [6.07, 6.45) is 11.9. The van der Waals surface area contributed by atoms with Crippen LogP contribution in [0.4, 0.5) is 4.79 Å². The van der Waals surface area contributed by atoms with E-state index in [2.05, 4.69) is 6.92 Å². The van der Waals surface area contributed by atoms with Gasteiger partial charge in [0, 0.05) is 0 Å². The highest BCUT2D eigenvalue weighted by Gasteiger charge is 2.55. The van der Waals surface area contributed by atoms with Gasteiger partial charge in [0.15, 0.2) is 5.60 Å². The molecule has 0 aromatic carbocycles. The molecule has 1 fully saturated rings. The summed E-state index contributed by atoms with van der Waals surface area (Å²) in [6, 6.07) is 0. The van der Waals surface area contributed by atoms with Gasteiger partial charge >= 0.3 is 6.16 Å². The minimum atomic E-state index is -0.626. The van der Waals surface area contributed by atoms with Crippen LogP contribution in [0.1, 0.15) is 91.9 Å². The molecule has 0 saturated carbocycles. The molecule has 0 amide bonds. The zero-order valence-corrected chi connectivity index (χ0v) is 16.0. The fraction of sp³-hybridized carbons (Fsp3) is 0.947. The van der Waals surface area contributed by atoms with Gasteiger partial charge in [0.2, 0.25) is 0 Å². The van der Waals surface area contributed by atoms with Gasteiger partial charge in [-0.1, -0.05) is 64.7 Å². The zero-order valence-electron chi connectivity index (χ0n) is 16.0. The Morgan fingerprint density at radius 3 is 1.79 bits per heavy atom. The number of rotatable bonds is 13. The molecular formula is C19H36O5. The Morgan fingerprint density at radius 2 is 1.33 bits per heavy atom. The highest BCUT2D eigenvalue weighted by Crippen LogP contribution is 2.40. The normalized spacial score (nSPS) is 22.0. The van der Waals surface area contributed by atoms with E-state index >= 15 is 0 Å². The molecule has 0 aliphatic carbocycles. The highest BCUT2D eigenvalue weighted by molar-refractivity contribution is 5.59. The molecule has 0 bridgehead atoms. The Bertz CT molecular complexity index is 356. The lowest BCUT2D eigenvalue weighted by molar-refractivity contribution is -0.543. The third kappa shape index (κ3) is 7.39. The van der Waals surface area contributed by atoms with Gasteiger partial charge in [-0.3, -0.25) is 0 Å². The van der Waals surface area contributed by atoms with Crippen molar-refractivity contribution in [2.45, 2.75) is 103 Å².